The molecule has 0 spiro atoms. The van der Waals surface area contributed by atoms with Gasteiger partial charge in [-0.1, -0.05) is 13.8 Å². The number of aliphatic imine (C=N–C) groups is 1. The molecule has 0 unspecified atom stereocenters. The zero-order chi connectivity index (χ0) is 16.5. The monoisotopic (exact) mass is 311 g/mol. The Morgan fingerprint density at radius 1 is 1.36 bits per heavy atom. The fourth-order valence-electron chi connectivity index (χ4n) is 2.68. The van der Waals surface area contributed by atoms with Gasteiger partial charge in [0.1, 0.15) is 6.54 Å². The number of rotatable bonds is 7. The number of hydrogen-bond donors (Lipinski definition) is 2. The fraction of sp³-hybridized carbons (Fsp3) is 0.875. The van der Waals surface area contributed by atoms with Gasteiger partial charge in [0, 0.05) is 39.8 Å². The van der Waals surface area contributed by atoms with Crippen LogP contribution < -0.4 is 10.6 Å². The van der Waals surface area contributed by atoms with Gasteiger partial charge in [0.15, 0.2) is 5.96 Å². The normalized spacial score (nSPS) is 19.5. The summed E-state index contributed by atoms with van der Waals surface area (Å²) in [6.45, 7) is 10.8. The lowest BCUT2D eigenvalue weighted by Gasteiger charge is -2.27. The van der Waals surface area contributed by atoms with E-state index in [0.29, 0.717) is 12.0 Å². The van der Waals surface area contributed by atoms with Crippen molar-refractivity contribution in [2.45, 2.75) is 39.7 Å². The Labute approximate surface area is 135 Å². The third-order valence-corrected chi connectivity index (χ3v) is 3.82. The molecule has 1 aliphatic heterocycles. The molecule has 1 aliphatic rings. The maximum absolute atomic E-state index is 11.6. The zero-order valence-electron chi connectivity index (χ0n) is 14.9. The van der Waals surface area contributed by atoms with Crippen molar-refractivity contribution in [3.63, 3.8) is 0 Å². The number of likely N-dealkylation sites (N-methyl/N-ethyl adjacent to an activating group) is 1. The van der Waals surface area contributed by atoms with Crippen LogP contribution in [0.1, 0.15) is 33.6 Å². The van der Waals surface area contributed by atoms with Gasteiger partial charge >= 0.3 is 0 Å². The third-order valence-electron chi connectivity index (χ3n) is 3.82. The number of hydrogen-bond acceptors (Lipinski definition) is 3. The van der Waals surface area contributed by atoms with Crippen LogP contribution in [-0.2, 0) is 4.79 Å². The number of carbonyl (C=O) groups excluding carboxylic acids is 1. The summed E-state index contributed by atoms with van der Waals surface area (Å²) in [7, 11) is 3.50. The van der Waals surface area contributed by atoms with Gasteiger partial charge in [0.05, 0.1) is 0 Å². The third kappa shape index (κ3) is 6.64. The van der Waals surface area contributed by atoms with Gasteiger partial charge in [-0.05, 0) is 32.2 Å². The van der Waals surface area contributed by atoms with Crippen LogP contribution in [0.25, 0.3) is 0 Å². The molecule has 1 heterocycles. The highest BCUT2D eigenvalue weighted by Crippen LogP contribution is 2.17. The standard InChI is InChI=1S/C16H33N5O/c1-6-17-16(19-11-15(22)20(4)5)18-10-14-8-7-9-21(14)12-13(2)3/h13-14H,6-12H2,1-5H3,(H2,17,18,19)/t14-/m1/s1. The number of guanidine groups is 1. The summed E-state index contributed by atoms with van der Waals surface area (Å²) >= 11 is 0. The Kier molecular flexibility index (Phi) is 8.24. The van der Waals surface area contributed by atoms with Gasteiger partial charge in [-0.25, -0.2) is 4.99 Å². The van der Waals surface area contributed by atoms with Crippen LogP contribution in [0.3, 0.4) is 0 Å². The SMILES string of the molecule is CCNC(=NCC(=O)N(C)C)NC[C@H]1CCCN1CC(C)C. The van der Waals surface area contributed by atoms with Crippen LogP contribution in [0.15, 0.2) is 4.99 Å². The van der Waals surface area contributed by atoms with Crippen molar-refractivity contribution in [2.75, 3.05) is 46.8 Å². The van der Waals surface area contributed by atoms with E-state index in [0.717, 1.165) is 25.6 Å². The smallest absolute Gasteiger partial charge is 0.243 e. The van der Waals surface area contributed by atoms with E-state index >= 15 is 0 Å². The highest BCUT2D eigenvalue weighted by molar-refractivity contribution is 5.84. The number of carbonyl (C=O) groups is 1. The molecule has 0 saturated carbocycles. The van der Waals surface area contributed by atoms with E-state index in [1.165, 1.54) is 19.4 Å². The van der Waals surface area contributed by atoms with E-state index in [2.05, 4.69) is 34.4 Å². The van der Waals surface area contributed by atoms with E-state index in [1.54, 1.807) is 19.0 Å². The van der Waals surface area contributed by atoms with E-state index in [4.69, 9.17) is 0 Å². The minimum absolute atomic E-state index is 0.0134. The van der Waals surface area contributed by atoms with Gasteiger partial charge in [0.2, 0.25) is 5.91 Å². The van der Waals surface area contributed by atoms with Crippen LogP contribution in [0, 0.1) is 5.92 Å². The van der Waals surface area contributed by atoms with Crippen LogP contribution in [0.5, 0.6) is 0 Å². The lowest BCUT2D eigenvalue weighted by Crippen LogP contribution is -2.46. The molecule has 22 heavy (non-hydrogen) atoms. The van der Waals surface area contributed by atoms with Crippen LogP contribution in [-0.4, -0.2) is 74.5 Å². The summed E-state index contributed by atoms with van der Waals surface area (Å²) in [6, 6.07) is 0.566. The van der Waals surface area contributed by atoms with Crippen molar-refractivity contribution in [3.8, 4) is 0 Å². The first-order chi connectivity index (χ1) is 10.4. The maximum Gasteiger partial charge on any atom is 0.243 e. The second-order valence-corrected chi connectivity index (χ2v) is 6.55. The van der Waals surface area contributed by atoms with Crippen molar-refractivity contribution in [1.29, 1.82) is 0 Å². The number of amides is 1. The molecule has 128 valence electrons. The molecule has 0 aromatic rings. The minimum Gasteiger partial charge on any atom is -0.357 e. The Bertz CT molecular complexity index is 368. The molecule has 2 N–H and O–H groups in total. The van der Waals surface area contributed by atoms with Crippen molar-refractivity contribution in [3.05, 3.63) is 0 Å². The molecule has 6 nitrogen and oxygen atoms in total. The molecule has 0 aromatic carbocycles. The van der Waals surface area contributed by atoms with Gasteiger partial charge in [0.25, 0.3) is 0 Å². The highest BCUT2D eigenvalue weighted by Gasteiger charge is 2.24. The molecule has 1 atom stereocenters. The maximum atomic E-state index is 11.6. The molecule has 1 fully saturated rings. The predicted molar refractivity (Wildman–Crippen MR) is 92.1 cm³/mol. The Morgan fingerprint density at radius 3 is 2.68 bits per heavy atom. The molecule has 0 bridgehead atoms. The topological polar surface area (TPSA) is 60.0 Å². The molecule has 0 aliphatic carbocycles. The first-order valence-electron chi connectivity index (χ1n) is 8.40. The van der Waals surface area contributed by atoms with Crippen LogP contribution >= 0.6 is 0 Å². The molecular formula is C16H33N5O. The molecule has 6 heteroatoms. The lowest BCUT2D eigenvalue weighted by atomic mass is 10.1. The van der Waals surface area contributed by atoms with E-state index in [-0.39, 0.29) is 12.5 Å². The summed E-state index contributed by atoms with van der Waals surface area (Å²) in [5, 5.41) is 6.59. The predicted octanol–water partition coefficient (Wildman–Crippen LogP) is 0.750. The second-order valence-electron chi connectivity index (χ2n) is 6.55. The zero-order valence-corrected chi connectivity index (χ0v) is 14.9. The summed E-state index contributed by atoms with van der Waals surface area (Å²) in [4.78, 5) is 20.1. The van der Waals surface area contributed by atoms with Gasteiger partial charge in [-0.15, -0.1) is 0 Å². The summed E-state index contributed by atoms with van der Waals surface area (Å²) < 4.78 is 0. The largest absolute Gasteiger partial charge is 0.357 e. The molecule has 0 aromatic heterocycles. The molecular weight excluding hydrogens is 278 g/mol. The minimum atomic E-state index is 0.0134. The fourth-order valence-corrected chi connectivity index (χ4v) is 2.68. The average Bonchev–Trinajstić information content (AvgIpc) is 2.87. The summed E-state index contributed by atoms with van der Waals surface area (Å²) in [6.07, 6.45) is 2.50. The first-order valence-corrected chi connectivity index (χ1v) is 8.40. The Balaban J connectivity index is 2.49. The van der Waals surface area contributed by atoms with Gasteiger partial charge in [-0.3, -0.25) is 9.69 Å². The Hall–Kier alpha value is -1.30. The quantitative estimate of drug-likeness (QED) is 0.538. The van der Waals surface area contributed by atoms with E-state index in [1.807, 2.05) is 6.92 Å². The molecule has 1 rings (SSSR count). The number of nitrogens with one attached hydrogen (secondary N) is 2. The number of likely N-dealkylation sites (tertiary alicyclic amines) is 1. The second kappa shape index (κ2) is 9.66. The summed E-state index contributed by atoms with van der Waals surface area (Å²) in [5.74, 6) is 1.44. The van der Waals surface area contributed by atoms with Gasteiger partial charge < -0.3 is 15.5 Å². The molecule has 1 saturated heterocycles. The number of nitrogens with zero attached hydrogens (tertiary/aromatic N) is 3. The first kappa shape index (κ1) is 18.7. The van der Waals surface area contributed by atoms with Crippen molar-refractivity contribution >= 4 is 11.9 Å². The van der Waals surface area contributed by atoms with Crippen molar-refractivity contribution < 1.29 is 4.79 Å². The molecule has 0 radical (unpaired) electrons. The highest BCUT2D eigenvalue weighted by atomic mass is 16.2. The lowest BCUT2D eigenvalue weighted by molar-refractivity contribution is -0.127. The Morgan fingerprint density at radius 2 is 2.09 bits per heavy atom. The van der Waals surface area contributed by atoms with Crippen molar-refractivity contribution in [2.24, 2.45) is 10.9 Å². The van der Waals surface area contributed by atoms with Crippen molar-refractivity contribution in [1.82, 2.24) is 20.4 Å². The van der Waals surface area contributed by atoms with Crippen LogP contribution in [0.4, 0.5) is 0 Å². The van der Waals surface area contributed by atoms with E-state index in [9.17, 15) is 4.79 Å². The summed E-state index contributed by atoms with van der Waals surface area (Å²) in [5.41, 5.74) is 0. The van der Waals surface area contributed by atoms with Gasteiger partial charge in [-0.2, -0.15) is 0 Å². The van der Waals surface area contributed by atoms with E-state index < -0.39 is 0 Å². The average molecular weight is 311 g/mol. The molecule has 1 amide bonds. The van der Waals surface area contributed by atoms with Crippen LogP contribution in [0.2, 0.25) is 0 Å².